The van der Waals surface area contributed by atoms with E-state index in [1.165, 1.54) is 29.4 Å². The Labute approximate surface area is 119 Å². The van der Waals surface area contributed by atoms with Gasteiger partial charge in [0.25, 0.3) is 0 Å². The zero-order chi connectivity index (χ0) is 13.0. The largest absolute Gasteiger partial charge is 0.314 e. The van der Waals surface area contributed by atoms with E-state index in [1.54, 1.807) is 0 Å². The van der Waals surface area contributed by atoms with Crippen molar-refractivity contribution < 1.29 is 0 Å². The molecule has 1 aromatic rings. The van der Waals surface area contributed by atoms with Gasteiger partial charge in [-0.2, -0.15) is 0 Å². The molecule has 3 heteroatoms. The first-order chi connectivity index (χ1) is 8.70. The smallest absolute Gasteiger partial charge is 0.0247 e. The van der Waals surface area contributed by atoms with Crippen LogP contribution >= 0.6 is 15.9 Å². The lowest BCUT2D eigenvalue weighted by Gasteiger charge is -2.38. The van der Waals surface area contributed by atoms with Crippen molar-refractivity contribution in [2.75, 3.05) is 13.1 Å². The minimum atomic E-state index is 0.662. The Balaban J connectivity index is 1.93. The van der Waals surface area contributed by atoms with Gasteiger partial charge in [-0.3, -0.25) is 4.90 Å². The monoisotopic (exact) mass is 310 g/mol. The number of nitrogens with zero attached hydrogens (tertiary/aromatic N) is 1. The van der Waals surface area contributed by atoms with Crippen LogP contribution in [0.3, 0.4) is 0 Å². The normalized spacial score (nSPS) is 25.3. The minimum absolute atomic E-state index is 0.662. The summed E-state index contributed by atoms with van der Waals surface area (Å²) in [6, 6.07) is 9.92. The van der Waals surface area contributed by atoms with Gasteiger partial charge in [0.2, 0.25) is 0 Å². The minimum Gasteiger partial charge on any atom is -0.314 e. The summed E-state index contributed by atoms with van der Waals surface area (Å²) in [4.78, 5) is 2.59. The molecule has 0 aromatic heterocycles. The second-order valence-corrected chi connectivity index (χ2v) is 6.04. The van der Waals surface area contributed by atoms with Gasteiger partial charge in [0, 0.05) is 29.6 Å². The van der Waals surface area contributed by atoms with Gasteiger partial charge in [-0.25, -0.2) is 0 Å². The SMILES string of the molecule is CCNC1CCN(Cc2ccccc2Br)C(C)C1. The molecule has 2 unspecified atom stereocenters. The fourth-order valence-electron chi connectivity index (χ4n) is 2.78. The van der Waals surface area contributed by atoms with Crippen molar-refractivity contribution in [1.82, 2.24) is 10.2 Å². The highest BCUT2D eigenvalue weighted by molar-refractivity contribution is 9.10. The molecule has 2 atom stereocenters. The van der Waals surface area contributed by atoms with E-state index < -0.39 is 0 Å². The third-order valence-corrected chi connectivity index (χ3v) is 4.61. The summed E-state index contributed by atoms with van der Waals surface area (Å²) in [6.07, 6.45) is 2.53. The van der Waals surface area contributed by atoms with E-state index >= 15 is 0 Å². The lowest BCUT2D eigenvalue weighted by molar-refractivity contribution is 0.129. The maximum absolute atomic E-state index is 3.64. The van der Waals surface area contributed by atoms with Crippen molar-refractivity contribution in [3.63, 3.8) is 0 Å². The molecule has 1 saturated heterocycles. The number of piperidine rings is 1. The number of halogens is 1. The van der Waals surface area contributed by atoms with E-state index in [1.807, 2.05) is 0 Å². The topological polar surface area (TPSA) is 15.3 Å². The van der Waals surface area contributed by atoms with Gasteiger partial charge in [-0.1, -0.05) is 41.1 Å². The van der Waals surface area contributed by atoms with Crippen LogP contribution in [0.2, 0.25) is 0 Å². The molecule has 0 saturated carbocycles. The van der Waals surface area contributed by atoms with Crippen molar-refractivity contribution in [2.24, 2.45) is 0 Å². The van der Waals surface area contributed by atoms with Crippen molar-refractivity contribution >= 4 is 15.9 Å². The number of benzene rings is 1. The molecule has 0 bridgehead atoms. The molecule has 1 aliphatic rings. The zero-order valence-electron chi connectivity index (χ0n) is 11.3. The third-order valence-electron chi connectivity index (χ3n) is 3.84. The zero-order valence-corrected chi connectivity index (χ0v) is 12.9. The Morgan fingerprint density at radius 2 is 2.17 bits per heavy atom. The van der Waals surface area contributed by atoms with Crippen LogP contribution in [0.15, 0.2) is 28.7 Å². The number of hydrogen-bond acceptors (Lipinski definition) is 2. The molecule has 100 valence electrons. The first-order valence-electron chi connectivity index (χ1n) is 6.91. The van der Waals surface area contributed by atoms with Crippen molar-refractivity contribution in [3.8, 4) is 0 Å². The van der Waals surface area contributed by atoms with Crippen LogP contribution in [-0.4, -0.2) is 30.1 Å². The molecule has 1 fully saturated rings. The Bertz CT molecular complexity index is 381. The molecule has 0 amide bonds. The van der Waals surface area contributed by atoms with Crippen LogP contribution in [0, 0.1) is 0 Å². The van der Waals surface area contributed by atoms with Gasteiger partial charge in [0.1, 0.15) is 0 Å². The predicted molar refractivity (Wildman–Crippen MR) is 80.7 cm³/mol. The van der Waals surface area contributed by atoms with Crippen LogP contribution < -0.4 is 5.32 Å². The van der Waals surface area contributed by atoms with E-state index in [-0.39, 0.29) is 0 Å². The fourth-order valence-corrected chi connectivity index (χ4v) is 3.19. The molecule has 18 heavy (non-hydrogen) atoms. The Kier molecular flexibility index (Phi) is 5.22. The Morgan fingerprint density at radius 1 is 1.39 bits per heavy atom. The van der Waals surface area contributed by atoms with E-state index in [2.05, 4.69) is 64.3 Å². The summed E-state index contributed by atoms with van der Waals surface area (Å²) in [5.74, 6) is 0. The van der Waals surface area contributed by atoms with Crippen LogP contribution in [0.5, 0.6) is 0 Å². The van der Waals surface area contributed by atoms with Gasteiger partial charge >= 0.3 is 0 Å². The molecule has 0 radical (unpaired) electrons. The second-order valence-electron chi connectivity index (χ2n) is 5.19. The molecule has 2 nitrogen and oxygen atoms in total. The average molecular weight is 311 g/mol. The van der Waals surface area contributed by atoms with E-state index in [0.717, 1.165) is 13.1 Å². The number of hydrogen-bond donors (Lipinski definition) is 1. The maximum Gasteiger partial charge on any atom is 0.0247 e. The molecule has 1 aliphatic heterocycles. The number of nitrogens with one attached hydrogen (secondary N) is 1. The first-order valence-corrected chi connectivity index (χ1v) is 7.70. The first kappa shape index (κ1) is 14.0. The van der Waals surface area contributed by atoms with Gasteiger partial charge in [0.05, 0.1) is 0 Å². The van der Waals surface area contributed by atoms with Gasteiger partial charge < -0.3 is 5.32 Å². The van der Waals surface area contributed by atoms with Crippen LogP contribution in [-0.2, 0) is 6.54 Å². The van der Waals surface area contributed by atoms with Crippen molar-refractivity contribution in [2.45, 2.75) is 45.3 Å². The van der Waals surface area contributed by atoms with E-state index in [0.29, 0.717) is 12.1 Å². The second kappa shape index (κ2) is 6.69. The fraction of sp³-hybridized carbons (Fsp3) is 0.600. The van der Waals surface area contributed by atoms with Gasteiger partial charge in [-0.05, 0) is 37.9 Å². The number of rotatable bonds is 4. The molecule has 1 N–H and O–H groups in total. The van der Waals surface area contributed by atoms with E-state index in [4.69, 9.17) is 0 Å². The molecule has 1 aromatic carbocycles. The quantitative estimate of drug-likeness (QED) is 0.917. The average Bonchev–Trinajstić information content (AvgIpc) is 2.35. The van der Waals surface area contributed by atoms with Crippen LogP contribution in [0.1, 0.15) is 32.3 Å². The predicted octanol–water partition coefficient (Wildman–Crippen LogP) is 3.41. The molecular formula is C15H23BrN2. The molecule has 0 spiro atoms. The standard InChI is InChI=1S/C15H23BrN2/c1-3-17-14-8-9-18(12(2)10-14)11-13-6-4-5-7-15(13)16/h4-7,12,14,17H,3,8-11H2,1-2H3. The summed E-state index contributed by atoms with van der Waals surface area (Å²) in [5.41, 5.74) is 1.39. The highest BCUT2D eigenvalue weighted by atomic mass is 79.9. The summed E-state index contributed by atoms with van der Waals surface area (Å²) in [6.45, 7) is 7.88. The Hall–Kier alpha value is -0.380. The van der Waals surface area contributed by atoms with Gasteiger partial charge in [-0.15, -0.1) is 0 Å². The molecule has 1 heterocycles. The van der Waals surface area contributed by atoms with Crippen LogP contribution in [0.25, 0.3) is 0 Å². The highest BCUT2D eigenvalue weighted by Crippen LogP contribution is 2.23. The Morgan fingerprint density at radius 3 is 2.83 bits per heavy atom. The lowest BCUT2D eigenvalue weighted by atomic mass is 9.97. The summed E-state index contributed by atoms with van der Waals surface area (Å²) in [5, 5.41) is 3.57. The summed E-state index contributed by atoms with van der Waals surface area (Å²) >= 11 is 3.64. The van der Waals surface area contributed by atoms with Crippen molar-refractivity contribution in [1.29, 1.82) is 0 Å². The third kappa shape index (κ3) is 3.56. The maximum atomic E-state index is 3.64. The lowest BCUT2D eigenvalue weighted by Crippen LogP contribution is -2.46. The molecular weight excluding hydrogens is 288 g/mol. The molecule has 0 aliphatic carbocycles. The van der Waals surface area contributed by atoms with Gasteiger partial charge in [0.15, 0.2) is 0 Å². The summed E-state index contributed by atoms with van der Waals surface area (Å²) < 4.78 is 1.23. The highest BCUT2D eigenvalue weighted by Gasteiger charge is 2.24. The van der Waals surface area contributed by atoms with Crippen molar-refractivity contribution in [3.05, 3.63) is 34.3 Å². The van der Waals surface area contributed by atoms with E-state index in [9.17, 15) is 0 Å². The summed E-state index contributed by atoms with van der Waals surface area (Å²) in [7, 11) is 0. The molecule has 2 rings (SSSR count). The number of likely N-dealkylation sites (tertiary alicyclic amines) is 1. The van der Waals surface area contributed by atoms with Crippen LogP contribution in [0.4, 0.5) is 0 Å².